The van der Waals surface area contributed by atoms with Crippen LogP contribution in [0.3, 0.4) is 0 Å². The molecule has 1 amide bonds. The largest absolute Gasteiger partial charge is 0.337 e. The van der Waals surface area contributed by atoms with E-state index in [1.165, 1.54) is 22.0 Å². The number of unbranched alkanes of at least 4 members (excludes halogenated alkanes) is 2. The van der Waals surface area contributed by atoms with Gasteiger partial charge in [0, 0.05) is 24.7 Å². The van der Waals surface area contributed by atoms with E-state index in [0.29, 0.717) is 19.5 Å². The highest BCUT2D eigenvalue weighted by Crippen LogP contribution is 2.28. The molecule has 8 heteroatoms. The van der Waals surface area contributed by atoms with Gasteiger partial charge in [-0.25, -0.2) is 8.42 Å². The zero-order valence-electron chi connectivity index (χ0n) is 17.0. The summed E-state index contributed by atoms with van der Waals surface area (Å²) in [5.74, 6) is -0.206. The average Bonchev–Trinajstić information content (AvgIpc) is 2.74. The average molecular weight is 469 g/mol. The van der Waals surface area contributed by atoms with Crippen molar-refractivity contribution in [3.63, 3.8) is 0 Å². The Bertz CT molecular complexity index is 1010. The monoisotopic (exact) mass is 468 g/mol. The highest BCUT2D eigenvalue weighted by atomic mass is 35.5. The number of rotatable bonds is 8. The highest BCUT2D eigenvalue weighted by Gasteiger charge is 2.31. The van der Waals surface area contributed by atoms with E-state index in [1.54, 1.807) is 11.0 Å². The standard InChI is InChI=1S/C22H26Cl2N2O3S/c1-2-3-6-12-26(30(28,29)21-14-19(23)9-10-20(21)24)16-22(27)25-13-11-17-7-4-5-8-18(17)15-25/h4-5,7-10,14H,2-3,6,11-13,15-16H2,1H3. The molecule has 5 nitrogen and oxygen atoms in total. The fourth-order valence-corrected chi connectivity index (χ4v) is 5.76. The van der Waals surface area contributed by atoms with Crippen molar-refractivity contribution in [3.8, 4) is 0 Å². The van der Waals surface area contributed by atoms with Crippen molar-refractivity contribution in [2.24, 2.45) is 0 Å². The molecule has 162 valence electrons. The van der Waals surface area contributed by atoms with E-state index in [0.717, 1.165) is 24.8 Å². The van der Waals surface area contributed by atoms with Gasteiger partial charge in [-0.1, -0.05) is 67.2 Å². The van der Waals surface area contributed by atoms with E-state index in [9.17, 15) is 13.2 Å². The lowest BCUT2D eigenvalue weighted by atomic mass is 10.00. The summed E-state index contributed by atoms with van der Waals surface area (Å²) in [7, 11) is -3.96. The van der Waals surface area contributed by atoms with Crippen LogP contribution in [-0.4, -0.2) is 43.2 Å². The predicted octanol–water partition coefficient (Wildman–Crippen LogP) is 4.76. The van der Waals surface area contributed by atoms with E-state index < -0.39 is 10.0 Å². The molecule has 1 heterocycles. The summed E-state index contributed by atoms with van der Waals surface area (Å²) in [6, 6.07) is 12.4. The van der Waals surface area contributed by atoms with Crippen LogP contribution in [0.15, 0.2) is 47.4 Å². The summed E-state index contributed by atoms with van der Waals surface area (Å²) < 4.78 is 27.9. The van der Waals surface area contributed by atoms with Crippen LogP contribution in [0.1, 0.15) is 37.3 Å². The van der Waals surface area contributed by atoms with Gasteiger partial charge in [-0.3, -0.25) is 4.79 Å². The van der Waals surface area contributed by atoms with Gasteiger partial charge >= 0.3 is 0 Å². The molecular weight excluding hydrogens is 443 g/mol. The zero-order valence-corrected chi connectivity index (χ0v) is 19.3. The molecule has 0 fully saturated rings. The summed E-state index contributed by atoms with van der Waals surface area (Å²) in [6.45, 7) is 3.17. The summed E-state index contributed by atoms with van der Waals surface area (Å²) >= 11 is 12.2. The van der Waals surface area contributed by atoms with Gasteiger partial charge in [0.15, 0.2) is 0 Å². The molecule has 0 aromatic heterocycles. The van der Waals surface area contributed by atoms with Gasteiger partial charge in [0.05, 0.1) is 11.6 Å². The molecule has 0 spiro atoms. The summed E-state index contributed by atoms with van der Waals surface area (Å²) in [4.78, 5) is 14.7. The van der Waals surface area contributed by atoms with E-state index in [4.69, 9.17) is 23.2 Å². The number of hydrogen-bond acceptors (Lipinski definition) is 3. The molecule has 3 rings (SSSR count). The Hall–Kier alpha value is -1.60. The minimum Gasteiger partial charge on any atom is -0.337 e. The summed E-state index contributed by atoms with van der Waals surface area (Å²) in [5, 5.41) is 0.379. The normalized spacial score (nSPS) is 14.1. The molecule has 0 radical (unpaired) electrons. The number of nitrogens with zero attached hydrogens (tertiary/aromatic N) is 2. The summed E-state index contributed by atoms with van der Waals surface area (Å²) in [5.41, 5.74) is 2.34. The van der Waals surface area contributed by atoms with Crippen molar-refractivity contribution in [1.82, 2.24) is 9.21 Å². The molecule has 1 aliphatic rings. The van der Waals surface area contributed by atoms with Crippen LogP contribution >= 0.6 is 23.2 Å². The fraction of sp³-hybridized carbons (Fsp3) is 0.409. The van der Waals surface area contributed by atoms with Crippen LogP contribution in [0.4, 0.5) is 0 Å². The van der Waals surface area contributed by atoms with Gasteiger partial charge in [0.2, 0.25) is 15.9 Å². The van der Waals surface area contributed by atoms with Gasteiger partial charge in [0.25, 0.3) is 0 Å². The number of benzene rings is 2. The molecule has 0 bridgehead atoms. The first kappa shape index (κ1) is 23.1. The smallest absolute Gasteiger partial charge is 0.245 e. The minimum absolute atomic E-state index is 0.0649. The second kappa shape index (κ2) is 10.1. The maximum absolute atomic E-state index is 13.3. The number of sulfonamides is 1. The van der Waals surface area contributed by atoms with Gasteiger partial charge in [-0.15, -0.1) is 0 Å². The summed E-state index contributed by atoms with van der Waals surface area (Å²) in [6.07, 6.45) is 3.26. The Morgan fingerprint density at radius 3 is 2.57 bits per heavy atom. The molecule has 0 N–H and O–H groups in total. The van der Waals surface area contributed by atoms with Crippen LogP contribution in [-0.2, 0) is 27.8 Å². The Morgan fingerprint density at radius 2 is 1.83 bits per heavy atom. The minimum atomic E-state index is -3.96. The lowest BCUT2D eigenvalue weighted by molar-refractivity contribution is -0.132. The highest BCUT2D eigenvalue weighted by molar-refractivity contribution is 7.89. The predicted molar refractivity (Wildman–Crippen MR) is 120 cm³/mol. The Labute approximate surface area is 188 Å². The van der Waals surface area contributed by atoms with Crippen molar-refractivity contribution < 1.29 is 13.2 Å². The second-order valence-corrected chi connectivity index (χ2v) is 10.2. The van der Waals surface area contributed by atoms with E-state index >= 15 is 0 Å². The number of hydrogen-bond donors (Lipinski definition) is 0. The first-order valence-corrected chi connectivity index (χ1v) is 12.3. The zero-order chi connectivity index (χ0) is 21.7. The van der Waals surface area contributed by atoms with E-state index in [-0.39, 0.29) is 33.9 Å². The number of carbonyl (C=O) groups excluding carboxylic acids is 1. The van der Waals surface area contributed by atoms with Gasteiger partial charge in [-0.05, 0) is 42.2 Å². The Morgan fingerprint density at radius 1 is 1.10 bits per heavy atom. The third-order valence-electron chi connectivity index (χ3n) is 5.32. The second-order valence-electron chi connectivity index (χ2n) is 7.45. The molecule has 0 atom stereocenters. The first-order valence-electron chi connectivity index (χ1n) is 10.1. The molecule has 0 saturated carbocycles. The van der Waals surface area contributed by atoms with Crippen molar-refractivity contribution in [1.29, 1.82) is 0 Å². The SMILES string of the molecule is CCCCCN(CC(=O)N1CCc2ccccc2C1)S(=O)(=O)c1cc(Cl)ccc1Cl. The van der Waals surface area contributed by atoms with Gasteiger partial charge < -0.3 is 4.90 Å². The van der Waals surface area contributed by atoms with E-state index in [2.05, 4.69) is 6.07 Å². The van der Waals surface area contributed by atoms with Gasteiger partial charge in [0.1, 0.15) is 4.90 Å². The van der Waals surface area contributed by atoms with Crippen molar-refractivity contribution in [2.75, 3.05) is 19.6 Å². The molecule has 30 heavy (non-hydrogen) atoms. The number of halogens is 2. The topological polar surface area (TPSA) is 57.7 Å². The quantitative estimate of drug-likeness (QED) is 0.524. The molecule has 2 aromatic carbocycles. The number of carbonyl (C=O) groups is 1. The third kappa shape index (κ3) is 5.35. The maximum Gasteiger partial charge on any atom is 0.245 e. The van der Waals surface area contributed by atoms with Crippen LogP contribution in [0.25, 0.3) is 0 Å². The molecule has 0 aliphatic carbocycles. The van der Waals surface area contributed by atoms with Crippen LogP contribution in [0.5, 0.6) is 0 Å². The van der Waals surface area contributed by atoms with Crippen LogP contribution < -0.4 is 0 Å². The van der Waals surface area contributed by atoms with Crippen LogP contribution in [0, 0.1) is 0 Å². The van der Waals surface area contributed by atoms with Crippen molar-refractivity contribution in [3.05, 3.63) is 63.6 Å². The molecule has 0 unspecified atom stereocenters. The fourth-order valence-electron chi connectivity index (χ4n) is 3.60. The van der Waals surface area contributed by atoms with Crippen molar-refractivity contribution >= 4 is 39.1 Å². The Balaban J connectivity index is 1.81. The number of fused-ring (bicyclic) bond motifs is 1. The maximum atomic E-state index is 13.3. The number of amides is 1. The van der Waals surface area contributed by atoms with Crippen molar-refractivity contribution in [2.45, 2.75) is 44.0 Å². The van der Waals surface area contributed by atoms with Crippen LogP contribution in [0.2, 0.25) is 10.0 Å². The lowest BCUT2D eigenvalue weighted by Crippen LogP contribution is -2.45. The molecule has 1 aliphatic heterocycles. The van der Waals surface area contributed by atoms with E-state index in [1.807, 2.05) is 25.1 Å². The first-order chi connectivity index (χ1) is 14.3. The molecule has 0 saturated heterocycles. The molecule has 2 aromatic rings. The molecular formula is C22H26Cl2N2O3S. The Kier molecular flexibility index (Phi) is 7.80. The van der Waals surface area contributed by atoms with Gasteiger partial charge in [-0.2, -0.15) is 4.31 Å². The third-order valence-corrected chi connectivity index (χ3v) is 7.88. The lowest BCUT2D eigenvalue weighted by Gasteiger charge is -2.31.